The predicted molar refractivity (Wildman–Crippen MR) is 98.1 cm³/mol. The summed E-state index contributed by atoms with van der Waals surface area (Å²) in [6.07, 6.45) is -0.474. The minimum absolute atomic E-state index is 0.0187. The molecule has 10 heteroatoms. The second kappa shape index (κ2) is 8.55. The van der Waals surface area contributed by atoms with Crippen molar-refractivity contribution in [2.75, 3.05) is 44.2 Å². The minimum atomic E-state index is -4.49. The Labute approximate surface area is 166 Å². The molecule has 0 aromatic carbocycles. The fraction of sp³-hybridized carbons (Fsp3) is 0.611. The van der Waals surface area contributed by atoms with E-state index in [9.17, 15) is 22.8 Å². The quantitative estimate of drug-likeness (QED) is 0.757. The summed E-state index contributed by atoms with van der Waals surface area (Å²) in [5.41, 5.74) is -0.891. The van der Waals surface area contributed by atoms with Crippen LogP contribution in [-0.4, -0.2) is 65.9 Å². The molecule has 0 saturated carbocycles. The molecule has 3 rings (SSSR count). The average molecular weight is 419 g/mol. The maximum Gasteiger partial charge on any atom is 0.417 e. The first kappa shape index (κ1) is 20.7. The van der Waals surface area contributed by atoms with Crippen LogP contribution in [0.15, 0.2) is 12.3 Å². The van der Waals surface area contributed by atoms with Gasteiger partial charge in [0.05, 0.1) is 17.1 Å². The average Bonchev–Trinajstić information content (AvgIpc) is 2.85. The Balaban J connectivity index is 1.57. The molecule has 2 saturated heterocycles. The van der Waals surface area contributed by atoms with Gasteiger partial charge < -0.3 is 14.7 Å². The van der Waals surface area contributed by atoms with Crippen LogP contribution in [0.4, 0.5) is 19.0 Å². The zero-order valence-electron chi connectivity index (χ0n) is 15.3. The molecule has 0 N–H and O–H groups in total. The van der Waals surface area contributed by atoms with Crippen molar-refractivity contribution in [1.82, 2.24) is 14.8 Å². The van der Waals surface area contributed by atoms with E-state index >= 15 is 0 Å². The summed E-state index contributed by atoms with van der Waals surface area (Å²) in [7, 11) is 0. The van der Waals surface area contributed by atoms with Gasteiger partial charge in [0.2, 0.25) is 11.8 Å². The van der Waals surface area contributed by atoms with Crippen molar-refractivity contribution < 1.29 is 22.8 Å². The van der Waals surface area contributed by atoms with Crippen LogP contribution < -0.4 is 4.90 Å². The molecule has 1 aromatic heterocycles. The first-order valence-corrected chi connectivity index (χ1v) is 9.67. The van der Waals surface area contributed by atoms with Crippen molar-refractivity contribution in [2.45, 2.75) is 31.9 Å². The molecule has 0 unspecified atom stereocenters. The van der Waals surface area contributed by atoms with Gasteiger partial charge in [-0.25, -0.2) is 4.98 Å². The second-order valence-corrected chi connectivity index (χ2v) is 7.43. The molecule has 0 atom stereocenters. The first-order chi connectivity index (χ1) is 13.3. The number of nitrogens with zero attached hydrogens (tertiary/aromatic N) is 4. The van der Waals surface area contributed by atoms with Gasteiger partial charge in [0.15, 0.2) is 0 Å². The Hall–Kier alpha value is -2.03. The van der Waals surface area contributed by atoms with Gasteiger partial charge in [0, 0.05) is 45.3 Å². The number of halogens is 4. The Morgan fingerprint density at radius 1 is 1.11 bits per heavy atom. The van der Waals surface area contributed by atoms with Gasteiger partial charge in [-0.05, 0) is 18.9 Å². The third-order valence-corrected chi connectivity index (χ3v) is 5.36. The van der Waals surface area contributed by atoms with Crippen LogP contribution in [0.1, 0.15) is 31.2 Å². The van der Waals surface area contributed by atoms with Crippen molar-refractivity contribution in [3.05, 3.63) is 22.8 Å². The summed E-state index contributed by atoms with van der Waals surface area (Å²) in [6, 6.07) is 0.867. The number of amides is 2. The molecule has 0 bridgehead atoms. The Kier molecular flexibility index (Phi) is 6.32. The van der Waals surface area contributed by atoms with E-state index in [1.54, 1.807) is 14.7 Å². The SMILES string of the molecule is O=C(CN1CCCCCC1=O)N1CCN(c2ncc(C(F)(F)F)cc2Cl)CC1. The van der Waals surface area contributed by atoms with Crippen LogP contribution in [0.25, 0.3) is 0 Å². The molecule has 2 fully saturated rings. The number of carbonyl (C=O) groups is 2. The van der Waals surface area contributed by atoms with Crippen LogP contribution in [0, 0.1) is 0 Å². The number of hydrogen-bond donors (Lipinski definition) is 0. The normalized spacial score (nSPS) is 19.0. The van der Waals surface area contributed by atoms with E-state index in [1.807, 2.05) is 0 Å². The molecule has 0 aliphatic carbocycles. The van der Waals surface area contributed by atoms with E-state index in [0.29, 0.717) is 39.1 Å². The number of likely N-dealkylation sites (tertiary alicyclic amines) is 1. The highest BCUT2D eigenvalue weighted by Gasteiger charge is 2.32. The van der Waals surface area contributed by atoms with E-state index in [4.69, 9.17) is 11.6 Å². The van der Waals surface area contributed by atoms with E-state index in [1.165, 1.54) is 0 Å². The fourth-order valence-electron chi connectivity index (χ4n) is 3.46. The number of piperazine rings is 1. The number of rotatable bonds is 3. The molecule has 0 radical (unpaired) electrons. The predicted octanol–water partition coefficient (Wildman–Crippen LogP) is 2.81. The van der Waals surface area contributed by atoms with Crippen molar-refractivity contribution in [3.8, 4) is 0 Å². The number of alkyl halides is 3. The zero-order chi connectivity index (χ0) is 20.3. The molecule has 3 heterocycles. The van der Waals surface area contributed by atoms with Gasteiger partial charge in [-0.15, -0.1) is 0 Å². The second-order valence-electron chi connectivity index (χ2n) is 7.02. The van der Waals surface area contributed by atoms with Crippen molar-refractivity contribution in [3.63, 3.8) is 0 Å². The van der Waals surface area contributed by atoms with Gasteiger partial charge in [0.1, 0.15) is 5.82 Å². The van der Waals surface area contributed by atoms with Gasteiger partial charge in [-0.1, -0.05) is 18.0 Å². The lowest BCUT2D eigenvalue weighted by molar-refractivity contribution is -0.140. The summed E-state index contributed by atoms with van der Waals surface area (Å²) in [5.74, 6) is 0.191. The van der Waals surface area contributed by atoms with Crippen LogP contribution in [-0.2, 0) is 15.8 Å². The number of anilines is 1. The molecule has 2 amide bonds. The van der Waals surface area contributed by atoms with Crippen molar-refractivity contribution in [2.24, 2.45) is 0 Å². The summed E-state index contributed by atoms with van der Waals surface area (Å²) in [5, 5.41) is -0.0650. The standard InChI is InChI=1S/C18H22ClF3N4O2/c19-14-10-13(18(20,21)22)11-23-17(14)25-8-6-24(7-9-25)16(28)12-26-5-3-1-2-4-15(26)27/h10-11H,1-9,12H2. The molecular weight excluding hydrogens is 397 g/mol. The number of carbonyl (C=O) groups excluding carboxylic acids is 2. The number of hydrogen-bond acceptors (Lipinski definition) is 4. The summed E-state index contributed by atoms with van der Waals surface area (Å²) in [6.45, 7) is 2.32. The molecule has 2 aliphatic heterocycles. The maximum absolute atomic E-state index is 12.7. The summed E-state index contributed by atoms with van der Waals surface area (Å²) < 4.78 is 38.2. The van der Waals surface area contributed by atoms with Crippen LogP contribution in [0.2, 0.25) is 5.02 Å². The van der Waals surface area contributed by atoms with E-state index < -0.39 is 11.7 Å². The minimum Gasteiger partial charge on any atom is -0.352 e. The number of aromatic nitrogens is 1. The molecular formula is C18H22ClF3N4O2. The lowest BCUT2D eigenvalue weighted by atomic mass is 10.2. The fourth-order valence-corrected chi connectivity index (χ4v) is 3.74. The topological polar surface area (TPSA) is 56.8 Å². The van der Waals surface area contributed by atoms with E-state index in [-0.39, 0.29) is 29.2 Å². The molecule has 1 aromatic rings. The highest BCUT2D eigenvalue weighted by Crippen LogP contribution is 2.33. The van der Waals surface area contributed by atoms with Gasteiger partial charge >= 0.3 is 6.18 Å². The Morgan fingerprint density at radius 3 is 2.46 bits per heavy atom. The Bertz CT molecular complexity index is 736. The first-order valence-electron chi connectivity index (χ1n) is 9.29. The summed E-state index contributed by atoms with van der Waals surface area (Å²) >= 11 is 6.00. The third kappa shape index (κ3) is 4.87. The Morgan fingerprint density at radius 2 is 1.82 bits per heavy atom. The lowest BCUT2D eigenvalue weighted by Crippen LogP contribution is -2.52. The third-order valence-electron chi connectivity index (χ3n) is 5.08. The molecule has 0 spiro atoms. The van der Waals surface area contributed by atoms with Gasteiger partial charge in [-0.3, -0.25) is 9.59 Å². The molecule has 28 heavy (non-hydrogen) atoms. The highest BCUT2D eigenvalue weighted by molar-refractivity contribution is 6.33. The van der Waals surface area contributed by atoms with Crippen LogP contribution >= 0.6 is 11.6 Å². The molecule has 154 valence electrons. The van der Waals surface area contributed by atoms with Crippen LogP contribution in [0.3, 0.4) is 0 Å². The lowest BCUT2D eigenvalue weighted by Gasteiger charge is -2.36. The van der Waals surface area contributed by atoms with Gasteiger partial charge in [0.25, 0.3) is 0 Å². The van der Waals surface area contributed by atoms with E-state index in [2.05, 4.69) is 4.98 Å². The largest absolute Gasteiger partial charge is 0.417 e. The van der Waals surface area contributed by atoms with Crippen molar-refractivity contribution in [1.29, 1.82) is 0 Å². The molecule has 6 nitrogen and oxygen atoms in total. The smallest absolute Gasteiger partial charge is 0.352 e. The zero-order valence-corrected chi connectivity index (χ0v) is 16.1. The van der Waals surface area contributed by atoms with E-state index in [0.717, 1.165) is 31.5 Å². The maximum atomic E-state index is 12.7. The van der Waals surface area contributed by atoms with Crippen molar-refractivity contribution >= 4 is 29.2 Å². The van der Waals surface area contributed by atoms with Gasteiger partial charge in [-0.2, -0.15) is 13.2 Å². The monoisotopic (exact) mass is 418 g/mol. The van der Waals surface area contributed by atoms with Crippen LogP contribution in [0.5, 0.6) is 0 Å². The molecule has 2 aliphatic rings. The summed E-state index contributed by atoms with van der Waals surface area (Å²) in [4.78, 5) is 33.5. The highest BCUT2D eigenvalue weighted by atomic mass is 35.5. The number of pyridine rings is 1.